The van der Waals surface area contributed by atoms with E-state index in [4.69, 9.17) is 16.3 Å². The first kappa shape index (κ1) is 32.1. The van der Waals surface area contributed by atoms with Crippen LogP contribution in [0.2, 0.25) is 5.02 Å². The van der Waals surface area contributed by atoms with Gasteiger partial charge in [-0.15, -0.1) is 11.8 Å². The Hall–Kier alpha value is -4.14. The molecule has 3 heterocycles. The van der Waals surface area contributed by atoms with Gasteiger partial charge in [0.15, 0.2) is 6.61 Å². The number of carbonyl (C=O) groups excluding carboxylic acids is 3. The van der Waals surface area contributed by atoms with Crippen molar-refractivity contribution in [2.75, 3.05) is 16.8 Å². The molecule has 4 aliphatic rings. The van der Waals surface area contributed by atoms with Crippen molar-refractivity contribution < 1.29 is 36.7 Å². The van der Waals surface area contributed by atoms with E-state index in [9.17, 15) is 36.7 Å². The van der Waals surface area contributed by atoms with Crippen LogP contribution in [-0.2, 0) is 20.6 Å². The summed E-state index contributed by atoms with van der Waals surface area (Å²) >= 11 is 9.02. The molecule has 2 bridgehead atoms. The van der Waals surface area contributed by atoms with Crippen LogP contribution in [0.3, 0.4) is 0 Å². The van der Waals surface area contributed by atoms with E-state index in [0.717, 1.165) is 28.4 Å². The molecule has 2 saturated carbocycles. The van der Waals surface area contributed by atoms with Crippen LogP contribution in [0.5, 0.6) is 5.75 Å². The first-order chi connectivity index (χ1) is 23.4. The lowest BCUT2D eigenvalue weighted by molar-refractivity contribution is -0.137. The zero-order valence-electron chi connectivity index (χ0n) is 25.0. The first-order valence-electron chi connectivity index (χ1n) is 15.3. The minimum Gasteiger partial charge on any atom is -0.483 e. The lowest BCUT2D eigenvalue weighted by Crippen LogP contribution is -2.42. The van der Waals surface area contributed by atoms with Crippen LogP contribution in [0.25, 0.3) is 0 Å². The third-order valence-electron chi connectivity index (χ3n) is 9.98. The highest BCUT2D eigenvalue weighted by Gasteiger charge is 2.70. The summed E-state index contributed by atoms with van der Waals surface area (Å²) < 4.78 is 60.2. The Balaban J connectivity index is 1.12. The Bertz CT molecular complexity index is 2090. The number of ether oxygens (including phenoxy) is 1. The minimum absolute atomic E-state index is 0.159. The Labute approximate surface area is 288 Å². The molecule has 2 aliphatic heterocycles. The van der Waals surface area contributed by atoms with Crippen molar-refractivity contribution in [3.05, 3.63) is 103 Å². The Kier molecular flexibility index (Phi) is 7.68. The smallest absolute Gasteiger partial charge is 0.418 e. The molecule has 0 radical (unpaired) electrons. The average Bonchev–Trinajstić information content (AvgIpc) is 3.79. The van der Waals surface area contributed by atoms with E-state index >= 15 is 0 Å². The van der Waals surface area contributed by atoms with Crippen molar-refractivity contribution in [3.8, 4) is 5.75 Å². The van der Waals surface area contributed by atoms with E-state index in [2.05, 4.69) is 10.3 Å². The average molecular weight is 730 g/mol. The number of imide groups is 1. The van der Waals surface area contributed by atoms with Crippen LogP contribution >= 0.6 is 34.7 Å². The summed E-state index contributed by atoms with van der Waals surface area (Å²) in [7, 11) is 0. The maximum absolute atomic E-state index is 14.0. The second-order valence-electron chi connectivity index (χ2n) is 12.5. The van der Waals surface area contributed by atoms with Gasteiger partial charge in [0, 0.05) is 26.6 Å². The van der Waals surface area contributed by atoms with Gasteiger partial charge in [-0.3, -0.25) is 24.1 Å². The van der Waals surface area contributed by atoms with Gasteiger partial charge >= 0.3 is 11.0 Å². The number of anilines is 2. The molecule has 8 nitrogen and oxygen atoms in total. The number of hydrogen-bond donors (Lipinski definition) is 2. The number of thiazole rings is 1. The molecule has 1 saturated heterocycles. The number of thioether (sulfide) groups is 1. The third kappa shape index (κ3) is 5.26. The highest BCUT2D eigenvalue weighted by molar-refractivity contribution is 8.00. The second-order valence-corrected chi connectivity index (χ2v) is 15.2. The standard InChI is InChI=1S/C34H24ClF4N3O5S2/c35-14-5-10-22(47-13-23(43)40-21-4-2-1-3-20(21)34(37,38)39)17(11-14)24-25-18-12-19(28(25)48-30-29(24)49-33(46)41-30)27-26(18)31(44)42(32(27)45)16-8-6-15(36)7-9-16/h1-11,18-19,24-28H,12-13H2,(H,40,43)(H,41,46)/t18?,19?,24-,25?,26?,27?,28?/m1/s1. The van der Waals surface area contributed by atoms with Crippen LogP contribution in [0.15, 0.2) is 76.6 Å². The number of hydrogen-bond acceptors (Lipinski definition) is 7. The van der Waals surface area contributed by atoms with E-state index in [1.165, 1.54) is 48.2 Å². The van der Waals surface area contributed by atoms with E-state index < -0.39 is 53.5 Å². The molecule has 0 spiro atoms. The van der Waals surface area contributed by atoms with E-state index in [1.807, 2.05) is 0 Å². The molecule has 3 fully saturated rings. The van der Waals surface area contributed by atoms with Crippen molar-refractivity contribution in [1.82, 2.24) is 4.98 Å². The number of benzene rings is 3. The summed E-state index contributed by atoms with van der Waals surface area (Å²) in [5.74, 6) is -4.09. The van der Waals surface area contributed by atoms with Crippen LogP contribution in [0.4, 0.5) is 28.9 Å². The van der Waals surface area contributed by atoms with Crippen LogP contribution in [0, 0.1) is 35.4 Å². The fourth-order valence-electron chi connectivity index (χ4n) is 8.27. The predicted octanol–water partition coefficient (Wildman–Crippen LogP) is 6.94. The van der Waals surface area contributed by atoms with Gasteiger partial charge in [0.05, 0.1) is 33.8 Å². The molecular weight excluding hydrogens is 706 g/mol. The molecule has 4 aromatic rings. The van der Waals surface area contributed by atoms with Gasteiger partial charge in [0.25, 0.3) is 5.91 Å². The van der Waals surface area contributed by atoms with Crippen molar-refractivity contribution in [3.63, 3.8) is 0 Å². The summed E-state index contributed by atoms with van der Waals surface area (Å²) in [6, 6.07) is 14.6. The molecule has 15 heteroatoms. The van der Waals surface area contributed by atoms with Crippen molar-refractivity contribution in [2.45, 2.75) is 28.8 Å². The fraction of sp³-hybridized carbons (Fsp3) is 0.294. The molecule has 6 unspecified atom stereocenters. The second kappa shape index (κ2) is 11.7. The van der Waals surface area contributed by atoms with E-state index in [0.29, 0.717) is 32.6 Å². The summed E-state index contributed by atoms with van der Waals surface area (Å²) in [6.45, 7) is -0.622. The molecule has 49 heavy (non-hydrogen) atoms. The van der Waals surface area contributed by atoms with Gasteiger partial charge < -0.3 is 15.0 Å². The zero-order valence-corrected chi connectivity index (χ0v) is 27.4. The van der Waals surface area contributed by atoms with Crippen LogP contribution in [-0.4, -0.2) is 34.6 Å². The van der Waals surface area contributed by atoms with Gasteiger partial charge in [-0.2, -0.15) is 13.2 Å². The fourth-order valence-corrected chi connectivity index (χ4v) is 11.3. The summed E-state index contributed by atoms with van der Waals surface area (Å²) in [6.07, 6.45) is -4.07. The molecule has 2 aliphatic carbocycles. The van der Waals surface area contributed by atoms with Crippen LogP contribution in [0.1, 0.15) is 28.3 Å². The Morgan fingerprint density at radius 3 is 2.45 bits per heavy atom. The zero-order chi connectivity index (χ0) is 34.4. The quantitative estimate of drug-likeness (QED) is 0.165. The molecular formula is C34H24ClF4N3O5S2. The highest BCUT2D eigenvalue weighted by Crippen LogP contribution is 2.69. The molecule has 7 atom stereocenters. The molecule has 8 rings (SSSR count). The predicted molar refractivity (Wildman–Crippen MR) is 174 cm³/mol. The third-order valence-corrected chi connectivity index (χ3v) is 12.8. The number of para-hydroxylation sites is 1. The summed E-state index contributed by atoms with van der Waals surface area (Å²) in [4.78, 5) is 57.9. The molecule has 3 aromatic carbocycles. The number of alkyl halides is 3. The Morgan fingerprint density at radius 2 is 1.71 bits per heavy atom. The molecule has 2 N–H and O–H groups in total. The van der Waals surface area contributed by atoms with Gasteiger partial charge in [0.2, 0.25) is 11.8 Å². The van der Waals surface area contributed by atoms with Crippen molar-refractivity contribution in [2.24, 2.45) is 29.6 Å². The topological polar surface area (TPSA) is 109 Å². The number of fused-ring (bicyclic) bond motifs is 9. The normalized spacial score (nSPS) is 26.8. The summed E-state index contributed by atoms with van der Waals surface area (Å²) in [5.41, 5.74) is -0.541. The number of H-pyrrole nitrogens is 1. The number of nitrogens with one attached hydrogen (secondary N) is 2. The van der Waals surface area contributed by atoms with Gasteiger partial charge in [-0.25, -0.2) is 4.39 Å². The largest absolute Gasteiger partial charge is 0.483 e. The monoisotopic (exact) mass is 729 g/mol. The molecule has 3 amide bonds. The molecule has 252 valence electrons. The number of carbonyl (C=O) groups is 3. The molecule has 1 aromatic heterocycles. The van der Waals surface area contributed by atoms with Crippen molar-refractivity contribution in [1.29, 1.82) is 0 Å². The number of nitrogens with zero attached hydrogens (tertiary/aromatic N) is 1. The lowest BCUT2D eigenvalue weighted by atomic mass is 9.68. The maximum atomic E-state index is 14.0. The number of aromatic nitrogens is 1. The number of halogens is 5. The summed E-state index contributed by atoms with van der Waals surface area (Å²) in [5, 5.41) is 3.11. The number of rotatable bonds is 6. The van der Waals surface area contributed by atoms with Crippen LogP contribution < -0.4 is 19.8 Å². The Morgan fingerprint density at radius 1 is 1.00 bits per heavy atom. The minimum atomic E-state index is -4.68. The number of aromatic amines is 1. The van der Waals surface area contributed by atoms with Gasteiger partial charge in [-0.05, 0) is 78.8 Å². The SMILES string of the molecule is O=C(COc1ccc(Cl)cc1[C@H]1c2sc(=O)[nH]c2SC2C3CC(C4C(=O)N(c5ccc(F)cc5)C(=O)C34)C21)Nc1ccccc1C(F)(F)F. The van der Waals surface area contributed by atoms with Crippen molar-refractivity contribution >= 4 is 63.8 Å². The maximum Gasteiger partial charge on any atom is 0.418 e. The lowest BCUT2D eigenvalue weighted by Gasteiger charge is -2.43. The number of amides is 3. The van der Waals surface area contributed by atoms with Gasteiger partial charge in [-0.1, -0.05) is 35.1 Å². The van der Waals surface area contributed by atoms with Gasteiger partial charge in [0.1, 0.15) is 11.6 Å². The highest BCUT2D eigenvalue weighted by atomic mass is 35.5. The van der Waals surface area contributed by atoms with E-state index in [-0.39, 0.29) is 45.4 Å². The first-order valence-corrected chi connectivity index (χ1v) is 17.4. The van der Waals surface area contributed by atoms with E-state index in [1.54, 1.807) is 18.2 Å².